The number of benzene rings is 1. The van der Waals surface area contributed by atoms with Gasteiger partial charge >= 0.3 is 0 Å². The first-order valence-corrected chi connectivity index (χ1v) is 9.73. The van der Waals surface area contributed by atoms with Crippen LogP contribution >= 0.6 is 0 Å². The average molecular weight is 340 g/mol. The second kappa shape index (κ2) is 6.47. The molecule has 134 valence electrons. The quantitative estimate of drug-likeness (QED) is 0.861. The molecule has 4 heteroatoms. The third kappa shape index (κ3) is 3.31. The highest BCUT2D eigenvalue weighted by molar-refractivity contribution is 5.95. The van der Waals surface area contributed by atoms with Crippen LogP contribution in [0.25, 0.3) is 0 Å². The van der Waals surface area contributed by atoms with Crippen molar-refractivity contribution in [3.63, 3.8) is 0 Å². The van der Waals surface area contributed by atoms with E-state index in [0.29, 0.717) is 0 Å². The van der Waals surface area contributed by atoms with Gasteiger partial charge in [-0.2, -0.15) is 0 Å². The van der Waals surface area contributed by atoms with Crippen LogP contribution in [0.15, 0.2) is 24.3 Å². The van der Waals surface area contributed by atoms with Crippen molar-refractivity contribution in [2.24, 2.45) is 23.2 Å². The van der Waals surface area contributed by atoms with Crippen LogP contribution < -0.4 is 10.6 Å². The molecule has 0 aliphatic heterocycles. The van der Waals surface area contributed by atoms with Crippen LogP contribution in [0, 0.1) is 23.2 Å². The average Bonchev–Trinajstić information content (AvgIpc) is 2.59. The standard InChI is InChI=1S/C21H28N2O2/c1-2-14-3-5-18(6-4-14)23-19(24)13-22-20(25)21-10-15-7-16(11-21)9-17(8-15)12-21/h3-6,15-17H,2,7-13H2,1H3,(H,22,25)(H,23,24). The summed E-state index contributed by atoms with van der Waals surface area (Å²) in [5.41, 5.74) is 1.84. The summed E-state index contributed by atoms with van der Waals surface area (Å²) in [5, 5.41) is 5.80. The molecule has 25 heavy (non-hydrogen) atoms. The van der Waals surface area contributed by atoms with Crippen molar-refractivity contribution < 1.29 is 9.59 Å². The molecule has 4 aliphatic rings. The Bertz CT molecular complexity index is 630. The summed E-state index contributed by atoms with van der Waals surface area (Å²) >= 11 is 0. The molecule has 4 fully saturated rings. The van der Waals surface area contributed by atoms with Crippen molar-refractivity contribution in [1.29, 1.82) is 0 Å². The van der Waals surface area contributed by atoms with E-state index in [1.807, 2.05) is 24.3 Å². The van der Waals surface area contributed by atoms with Gasteiger partial charge in [0, 0.05) is 11.1 Å². The van der Waals surface area contributed by atoms with Crippen LogP contribution in [-0.4, -0.2) is 18.4 Å². The van der Waals surface area contributed by atoms with Crippen LogP contribution in [0.1, 0.15) is 51.0 Å². The van der Waals surface area contributed by atoms with E-state index < -0.39 is 0 Å². The molecule has 2 amide bonds. The van der Waals surface area contributed by atoms with Gasteiger partial charge in [-0.25, -0.2) is 0 Å². The van der Waals surface area contributed by atoms with Gasteiger partial charge in [-0.3, -0.25) is 9.59 Å². The number of carbonyl (C=O) groups excluding carboxylic acids is 2. The van der Waals surface area contributed by atoms with Gasteiger partial charge in [-0.15, -0.1) is 0 Å². The highest BCUT2D eigenvalue weighted by Crippen LogP contribution is 2.60. The number of carbonyl (C=O) groups is 2. The molecule has 0 aromatic heterocycles. The molecular weight excluding hydrogens is 312 g/mol. The van der Waals surface area contributed by atoms with Crippen LogP contribution in [0.4, 0.5) is 5.69 Å². The van der Waals surface area contributed by atoms with Crippen molar-refractivity contribution in [2.45, 2.75) is 51.9 Å². The molecule has 4 saturated carbocycles. The maximum absolute atomic E-state index is 12.8. The third-order valence-electron chi connectivity index (χ3n) is 6.58. The largest absolute Gasteiger partial charge is 0.347 e. The molecule has 4 nitrogen and oxygen atoms in total. The van der Waals surface area contributed by atoms with Crippen molar-refractivity contribution in [2.75, 3.05) is 11.9 Å². The summed E-state index contributed by atoms with van der Waals surface area (Å²) in [5.74, 6) is 2.18. The lowest BCUT2D eigenvalue weighted by Gasteiger charge is -2.55. The molecule has 0 unspecified atom stereocenters. The summed E-state index contributed by atoms with van der Waals surface area (Å²) in [6, 6.07) is 7.86. The highest BCUT2D eigenvalue weighted by Gasteiger charge is 2.54. The number of rotatable bonds is 5. The Labute approximate surface area is 149 Å². The van der Waals surface area contributed by atoms with E-state index in [4.69, 9.17) is 0 Å². The summed E-state index contributed by atoms with van der Waals surface area (Å²) < 4.78 is 0. The van der Waals surface area contributed by atoms with E-state index in [-0.39, 0.29) is 23.8 Å². The van der Waals surface area contributed by atoms with Gasteiger partial charge in [0.2, 0.25) is 11.8 Å². The number of anilines is 1. The first kappa shape index (κ1) is 16.6. The molecule has 0 saturated heterocycles. The minimum absolute atomic E-state index is 0.0656. The van der Waals surface area contributed by atoms with Crippen LogP contribution in [0.3, 0.4) is 0 Å². The van der Waals surface area contributed by atoms with Gasteiger partial charge < -0.3 is 10.6 Å². The Morgan fingerprint density at radius 3 is 2.08 bits per heavy atom. The molecule has 4 aliphatic carbocycles. The molecule has 0 heterocycles. The van der Waals surface area contributed by atoms with Gasteiger partial charge in [-0.1, -0.05) is 19.1 Å². The zero-order chi connectivity index (χ0) is 17.4. The predicted octanol–water partition coefficient (Wildman–Crippen LogP) is 3.52. The first-order chi connectivity index (χ1) is 12.1. The number of nitrogens with one attached hydrogen (secondary N) is 2. The predicted molar refractivity (Wildman–Crippen MR) is 98.1 cm³/mol. The molecule has 1 aromatic rings. The van der Waals surface area contributed by atoms with Crippen LogP contribution in [-0.2, 0) is 16.0 Å². The van der Waals surface area contributed by atoms with E-state index in [1.54, 1.807) is 0 Å². The fraction of sp³-hybridized carbons (Fsp3) is 0.619. The fourth-order valence-electron chi connectivity index (χ4n) is 5.77. The summed E-state index contributed by atoms with van der Waals surface area (Å²) in [4.78, 5) is 25.0. The summed E-state index contributed by atoms with van der Waals surface area (Å²) in [6.07, 6.45) is 8.04. The highest BCUT2D eigenvalue weighted by atomic mass is 16.2. The number of amides is 2. The van der Waals surface area contributed by atoms with Crippen LogP contribution in [0.5, 0.6) is 0 Å². The number of aryl methyl sites for hydroxylation is 1. The zero-order valence-corrected chi connectivity index (χ0v) is 15.0. The van der Waals surface area contributed by atoms with E-state index >= 15 is 0 Å². The van der Waals surface area contributed by atoms with Crippen LogP contribution in [0.2, 0.25) is 0 Å². The third-order valence-corrected chi connectivity index (χ3v) is 6.58. The molecule has 4 bridgehead atoms. The maximum Gasteiger partial charge on any atom is 0.243 e. The van der Waals surface area contributed by atoms with Crippen molar-refractivity contribution >= 4 is 17.5 Å². The van der Waals surface area contributed by atoms with E-state index in [9.17, 15) is 9.59 Å². The Hall–Kier alpha value is -1.84. The normalized spacial score (nSPS) is 32.4. The van der Waals surface area contributed by atoms with Gasteiger partial charge in [0.15, 0.2) is 0 Å². The lowest BCUT2D eigenvalue weighted by atomic mass is 9.49. The van der Waals surface area contributed by atoms with E-state index in [1.165, 1.54) is 24.8 Å². The monoisotopic (exact) mass is 340 g/mol. The van der Waals surface area contributed by atoms with Crippen molar-refractivity contribution in [1.82, 2.24) is 5.32 Å². The molecule has 5 rings (SSSR count). The van der Waals surface area contributed by atoms with Crippen molar-refractivity contribution in [3.8, 4) is 0 Å². The SMILES string of the molecule is CCc1ccc(NC(=O)CNC(=O)C23CC4CC(CC(C4)C2)C3)cc1. The molecular formula is C21H28N2O2. The Kier molecular flexibility index (Phi) is 4.30. The molecule has 1 aromatic carbocycles. The molecule has 2 N–H and O–H groups in total. The minimum Gasteiger partial charge on any atom is -0.347 e. The lowest BCUT2D eigenvalue weighted by Crippen LogP contribution is -2.54. The maximum atomic E-state index is 12.8. The van der Waals surface area contributed by atoms with E-state index in [2.05, 4.69) is 17.6 Å². The Morgan fingerprint density at radius 2 is 1.56 bits per heavy atom. The smallest absolute Gasteiger partial charge is 0.243 e. The van der Waals surface area contributed by atoms with Gasteiger partial charge in [0.1, 0.15) is 0 Å². The number of hydrogen-bond acceptors (Lipinski definition) is 2. The van der Waals surface area contributed by atoms with Gasteiger partial charge in [-0.05, 0) is 80.4 Å². The number of hydrogen-bond donors (Lipinski definition) is 2. The molecule has 0 radical (unpaired) electrons. The fourth-order valence-corrected chi connectivity index (χ4v) is 5.77. The minimum atomic E-state index is -0.183. The summed E-state index contributed by atoms with van der Waals surface area (Å²) in [7, 11) is 0. The second-order valence-corrected chi connectivity index (χ2v) is 8.48. The Balaban J connectivity index is 1.31. The Morgan fingerprint density at radius 1 is 1.00 bits per heavy atom. The second-order valence-electron chi connectivity index (χ2n) is 8.48. The lowest BCUT2D eigenvalue weighted by molar-refractivity contribution is -0.146. The van der Waals surface area contributed by atoms with Gasteiger partial charge in [0.05, 0.1) is 6.54 Å². The van der Waals surface area contributed by atoms with Gasteiger partial charge in [0.25, 0.3) is 0 Å². The topological polar surface area (TPSA) is 58.2 Å². The first-order valence-electron chi connectivity index (χ1n) is 9.73. The van der Waals surface area contributed by atoms with Crippen molar-refractivity contribution in [3.05, 3.63) is 29.8 Å². The zero-order valence-electron chi connectivity index (χ0n) is 15.0. The summed E-state index contributed by atoms with van der Waals surface area (Å²) in [6.45, 7) is 2.17. The molecule has 0 atom stereocenters. The molecule has 0 spiro atoms. The van der Waals surface area contributed by atoms with E-state index in [0.717, 1.165) is 49.1 Å².